The number of aryl methyl sites for hydroxylation is 2. The van der Waals surface area contributed by atoms with E-state index in [0.29, 0.717) is 6.04 Å². The third kappa shape index (κ3) is 4.10. The summed E-state index contributed by atoms with van der Waals surface area (Å²) < 4.78 is 2.04. The van der Waals surface area contributed by atoms with Gasteiger partial charge in [-0.2, -0.15) is 0 Å². The highest BCUT2D eigenvalue weighted by molar-refractivity contribution is 5.83. The summed E-state index contributed by atoms with van der Waals surface area (Å²) in [6, 6.07) is 6.43. The zero-order chi connectivity index (χ0) is 22.1. The first kappa shape index (κ1) is 21.3. The molecule has 1 atom stereocenters. The smallest absolute Gasteiger partial charge is 0.253 e. The number of rotatable bonds is 4. The molecule has 3 aromatic rings. The summed E-state index contributed by atoms with van der Waals surface area (Å²) in [5, 5.41) is 14.2. The summed E-state index contributed by atoms with van der Waals surface area (Å²) in [6.07, 6.45) is 10.7. The first-order valence-electron chi connectivity index (χ1n) is 12.3. The van der Waals surface area contributed by atoms with Crippen LogP contribution in [-0.4, -0.2) is 43.2 Å². The zero-order valence-electron chi connectivity index (χ0n) is 19.3. The Morgan fingerprint density at radius 2 is 1.69 bits per heavy atom. The number of tetrazole rings is 1. The predicted molar refractivity (Wildman–Crippen MR) is 126 cm³/mol. The lowest BCUT2D eigenvalue weighted by molar-refractivity contribution is 0.210. The summed E-state index contributed by atoms with van der Waals surface area (Å²) in [6.45, 7) is 6.11. The van der Waals surface area contributed by atoms with E-state index in [1.807, 2.05) is 4.68 Å². The molecule has 1 saturated carbocycles. The molecule has 1 aliphatic carbocycles. The van der Waals surface area contributed by atoms with Crippen LogP contribution in [0.2, 0.25) is 0 Å². The Balaban J connectivity index is 1.66. The molecule has 0 radical (unpaired) electrons. The average Bonchev–Trinajstić information content (AvgIpc) is 3.10. The van der Waals surface area contributed by atoms with Crippen LogP contribution in [0.5, 0.6) is 0 Å². The second-order valence-corrected chi connectivity index (χ2v) is 9.72. The van der Waals surface area contributed by atoms with Crippen LogP contribution >= 0.6 is 0 Å². The van der Waals surface area contributed by atoms with Crippen molar-refractivity contribution in [1.29, 1.82) is 0 Å². The minimum Gasteiger partial charge on any atom is -0.322 e. The molecular weight excluding hydrogens is 400 g/mol. The predicted octanol–water partition coefficient (Wildman–Crippen LogP) is 4.60. The van der Waals surface area contributed by atoms with Gasteiger partial charge in [0.25, 0.3) is 5.56 Å². The van der Waals surface area contributed by atoms with Crippen LogP contribution in [0.25, 0.3) is 10.9 Å². The van der Waals surface area contributed by atoms with Gasteiger partial charge in [-0.3, -0.25) is 9.69 Å². The van der Waals surface area contributed by atoms with Crippen molar-refractivity contribution >= 4 is 10.9 Å². The van der Waals surface area contributed by atoms with Gasteiger partial charge >= 0.3 is 0 Å². The number of nitrogens with one attached hydrogen (secondary N) is 1. The molecule has 0 amide bonds. The number of nitrogens with zero attached hydrogens (tertiary/aromatic N) is 5. The number of H-pyrrole nitrogens is 1. The van der Waals surface area contributed by atoms with Gasteiger partial charge in [0.1, 0.15) is 6.04 Å². The molecule has 0 unspecified atom stereocenters. The molecule has 0 spiro atoms. The third-order valence-corrected chi connectivity index (χ3v) is 7.33. The first-order valence-corrected chi connectivity index (χ1v) is 12.3. The summed E-state index contributed by atoms with van der Waals surface area (Å²) in [5.41, 5.74) is 3.97. The molecule has 3 heterocycles. The molecule has 2 aromatic heterocycles. The SMILES string of the molecule is Cc1cc(C)c2cc([C@H](c3nnnn3C3CCCCC3)N3CCCCCC3)c(=O)[nH]c2c1. The number of aromatic nitrogens is 5. The minimum absolute atomic E-state index is 0.0325. The molecular formula is C25H34N6O. The fourth-order valence-electron chi connectivity index (χ4n) is 5.71. The standard InChI is InChI=1S/C25H34N6O/c1-17-14-18(2)20-16-21(25(32)26-22(20)15-17)23(30-12-8-3-4-9-13-30)24-27-28-29-31(24)19-10-6-5-7-11-19/h14-16,19,23H,3-13H2,1-2H3,(H,26,32)/t23-/m1/s1. The number of benzene rings is 1. The van der Waals surface area contributed by atoms with Gasteiger partial charge in [0.05, 0.1) is 6.04 Å². The zero-order valence-corrected chi connectivity index (χ0v) is 19.3. The minimum atomic E-state index is -0.223. The van der Waals surface area contributed by atoms with Gasteiger partial charge in [-0.05, 0) is 86.3 Å². The second kappa shape index (κ2) is 9.14. The van der Waals surface area contributed by atoms with Crippen LogP contribution in [0, 0.1) is 13.8 Å². The van der Waals surface area contributed by atoms with Crippen molar-refractivity contribution in [1.82, 2.24) is 30.1 Å². The lowest BCUT2D eigenvalue weighted by Gasteiger charge is -2.31. The summed E-state index contributed by atoms with van der Waals surface area (Å²) >= 11 is 0. The maximum atomic E-state index is 13.4. The molecule has 0 bridgehead atoms. The van der Waals surface area contributed by atoms with Crippen LogP contribution in [0.3, 0.4) is 0 Å². The molecule has 1 saturated heterocycles. The van der Waals surface area contributed by atoms with Gasteiger partial charge in [0.2, 0.25) is 0 Å². The number of aromatic amines is 1. The Hall–Kier alpha value is -2.54. The van der Waals surface area contributed by atoms with E-state index < -0.39 is 0 Å². The molecule has 170 valence electrons. The van der Waals surface area contributed by atoms with E-state index in [1.165, 1.54) is 37.7 Å². The van der Waals surface area contributed by atoms with Crippen LogP contribution < -0.4 is 5.56 Å². The number of hydrogen-bond donors (Lipinski definition) is 1. The summed E-state index contributed by atoms with van der Waals surface area (Å²) in [7, 11) is 0. The van der Waals surface area contributed by atoms with Crippen LogP contribution in [0.15, 0.2) is 23.0 Å². The Kier molecular flexibility index (Phi) is 6.09. The normalized spacial score (nSPS) is 19.8. The molecule has 7 nitrogen and oxygen atoms in total. The van der Waals surface area contributed by atoms with Gasteiger partial charge in [-0.25, -0.2) is 4.68 Å². The van der Waals surface area contributed by atoms with Crippen molar-refractivity contribution in [2.45, 2.75) is 83.7 Å². The summed E-state index contributed by atoms with van der Waals surface area (Å²) in [5.74, 6) is 0.827. The van der Waals surface area contributed by atoms with Crippen molar-refractivity contribution < 1.29 is 0 Å². The van der Waals surface area contributed by atoms with Crippen molar-refractivity contribution in [3.63, 3.8) is 0 Å². The Bertz CT molecular complexity index is 1140. The molecule has 1 aromatic carbocycles. The van der Waals surface area contributed by atoms with E-state index in [-0.39, 0.29) is 11.6 Å². The highest BCUT2D eigenvalue weighted by Gasteiger charge is 2.33. The van der Waals surface area contributed by atoms with E-state index in [4.69, 9.17) is 0 Å². The number of likely N-dealkylation sites (tertiary alicyclic amines) is 1. The Morgan fingerprint density at radius 3 is 2.44 bits per heavy atom. The molecule has 5 rings (SSSR count). The highest BCUT2D eigenvalue weighted by atomic mass is 16.1. The molecule has 7 heteroatoms. The third-order valence-electron chi connectivity index (χ3n) is 7.33. The second-order valence-electron chi connectivity index (χ2n) is 9.72. The molecule has 2 aliphatic rings. The maximum Gasteiger partial charge on any atom is 0.253 e. The summed E-state index contributed by atoms with van der Waals surface area (Å²) in [4.78, 5) is 19.1. The number of hydrogen-bond acceptors (Lipinski definition) is 5. The van der Waals surface area contributed by atoms with Gasteiger partial charge in [0.15, 0.2) is 5.82 Å². The highest BCUT2D eigenvalue weighted by Crippen LogP contribution is 2.34. The molecule has 2 fully saturated rings. The lowest BCUT2D eigenvalue weighted by atomic mass is 9.95. The Morgan fingerprint density at radius 1 is 0.969 bits per heavy atom. The quantitative estimate of drug-likeness (QED) is 0.649. The van der Waals surface area contributed by atoms with E-state index in [2.05, 4.69) is 57.5 Å². The van der Waals surface area contributed by atoms with Gasteiger partial charge < -0.3 is 4.98 Å². The molecule has 32 heavy (non-hydrogen) atoms. The fourth-order valence-corrected chi connectivity index (χ4v) is 5.71. The van der Waals surface area contributed by atoms with E-state index in [9.17, 15) is 4.79 Å². The molecule has 1 aliphatic heterocycles. The van der Waals surface area contributed by atoms with Crippen molar-refractivity contribution in [2.24, 2.45) is 0 Å². The monoisotopic (exact) mass is 434 g/mol. The topological polar surface area (TPSA) is 79.7 Å². The fraction of sp³-hybridized carbons (Fsp3) is 0.600. The van der Waals surface area contributed by atoms with E-state index >= 15 is 0 Å². The van der Waals surface area contributed by atoms with Crippen molar-refractivity contribution in [3.05, 3.63) is 51.1 Å². The van der Waals surface area contributed by atoms with Crippen molar-refractivity contribution in [2.75, 3.05) is 13.1 Å². The van der Waals surface area contributed by atoms with Crippen LogP contribution in [0.1, 0.15) is 92.4 Å². The van der Waals surface area contributed by atoms with E-state index in [1.54, 1.807) is 0 Å². The maximum absolute atomic E-state index is 13.4. The molecule has 1 N–H and O–H groups in total. The van der Waals surface area contributed by atoms with Gasteiger partial charge in [0, 0.05) is 16.5 Å². The van der Waals surface area contributed by atoms with Crippen molar-refractivity contribution in [3.8, 4) is 0 Å². The average molecular weight is 435 g/mol. The number of fused-ring (bicyclic) bond motifs is 1. The largest absolute Gasteiger partial charge is 0.322 e. The number of pyridine rings is 1. The lowest BCUT2D eigenvalue weighted by Crippen LogP contribution is -2.36. The Labute approximate surface area is 189 Å². The first-order chi connectivity index (χ1) is 15.6. The van der Waals surface area contributed by atoms with Crippen LogP contribution in [0.4, 0.5) is 0 Å². The van der Waals surface area contributed by atoms with E-state index in [0.717, 1.165) is 66.6 Å². The van der Waals surface area contributed by atoms with Crippen LogP contribution in [-0.2, 0) is 0 Å². The van der Waals surface area contributed by atoms with Gasteiger partial charge in [-0.15, -0.1) is 5.10 Å². The van der Waals surface area contributed by atoms with Gasteiger partial charge in [-0.1, -0.05) is 38.2 Å².